The van der Waals surface area contributed by atoms with Crippen molar-refractivity contribution in [2.45, 2.75) is 32.6 Å². The fraction of sp³-hybridized carbons (Fsp3) is 0.333. The number of benzene rings is 2. The van der Waals surface area contributed by atoms with Gasteiger partial charge in [0.05, 0.1) is 12.3 Å². The van der Waals surface area contributed by atoms with Gasteiger partial charge < -0.3 is 21.5 Å². The number of hydrogen-bond acceptors (Lipinski definition) is 4. The van der Waals surface area contributed by atoms with E-state index in [1.54, 1.807) is 0 Å². The molecule has 0 aliphatic rings. The van der Waals surface area contributed by atoms with E-state index >= 15 is 0 Å². The van der Waals surface area contributed by atoms with Crippen LogP contribution in [-0.2, 0) is 0 Å². The van der Waals surface area contributed by atoms with Gasteiger partial charge >= 0.3 is 0 Å². The van der Waals surface area contributed by atoms with Gasteiger partial charge in [-0.2, -0.15) is 0 Å². The molecule has 0 atom stereocenters. The van der Waals surface area contributed by atoms with Crippen LogP contribution in [0.1, 0.15) is 32.6 Å². The molecule has 0 spiro atoms. The zero-order valence-electron chi connectivity index (χ0n) is 13.1. The first-order valence-corrected chi connectivity index (χ1v) is 7.84. The maximum Gasteiger partial charge on any atom is 0.144 e. The zero-order chi connectivity index (χ0) is 15.8. The van der Waals surface area contributed by atoms with Crippen molar-refractivity contribution in [2.75, 3.05) is 23.4 Å². The molecule has 0 aromatic heterocycles. The van der Waals surface area contributed by atoms with Crippen LogP contribution in [0.4, 0.5) is 22.7 Å². The number of rotatable bonds is 8. The average molecular weight is 299 g/mol. The highest BCUT2D eigenvalue weighted by atomic mass is 16.5. The van der Waals surface area contributed by atoms with Crippen molar-refractivity contribution >= 4 is 22.7 Å². The topological polar surface area (TPSA) is 73.3 Å². The highest BCUT2D eigenvalue weighted by Gasteiger charge is 2.03. The quantitative estimate of drug-likeness (QED) is 0.493. The molecular formula is C18H25N3O. The first kappa shape index (κ1) is 16.0. The van der Waals surface area contributed by atoms with Crippen molar-refractivity contribution in [1.29, 1.82) is 0 Å². The van der Waals surface area contributed by atoms with Gasteiger partial charge in [-0.25, -0.2) is 0 Å². The maximum atomic E-state index is 5.97. The van der Waals surface area contributed by atoms with E-state index in [0.717, 1.165) is 29.2 Å². The van der Waals surface area contributed by atoms with Crippen LogP contribution in [-0.4, -0.2) is 6.61 Å². The van der Waals surface area contributed by atoms with E-state index in [1.807, 2.05) is 42.5 Å². The molecule has 4 heteroatoms. The number of hydrogen-bond donors (Lipinski definition) is 3. The first-order valence-electron chi connectivity index (χ1n) is 7.84. The Labute approximate surface area is 132 Å². The Morgan fingerprint density at radius 1 is 0.909 bits per heavy atom. The van der Waals surface area contributed by atoms with Crippen molar-refractivity contribution in [3.8, 4) is 5.75 Å². The first-order chi connectivity index (χ1) is 10.7. The summed E-state index contributed by atoms with van der Waals surface area (Å²) < 4.78 is 5.80. The van der Waals surface area contributed by atoms with Crippen LogP contribution < -0.4 is 21.5 Å². The van der Waals surface area contributed by atoms with Gasteiger partial charge in [0, 0.05) is 23.1 Å². The monoisotopic (exact) mass is 299 g/mol. The summed E-state index contributed by atoms with van der Waals surface area (Å²) >= 11 is 0. The Morgan fingerprint density at radius 3 is 2.36 bits per heavy atom. The highest BCUT2D eigenvalue weighted by molar-refractivity contribution is 5.67. The predicted octanol–water partition coefficient (Wildman–Crippen LogP) is 4.55. The lowest BCUT2D eigenvalue weighted by Gasteiger charge is -2.12. The van der Waals surface area contributed by atoms with E-state index in [9.17, 15) is 0 Å². The Morgan fingerprint density at radius 2 is 1.64 bits per heavy atom. The molecular weight excluding hydrogens is 274 g/mol. The standard InChI is InChI=1S/C18H25N3O/c1-2-3-4-5-12-22-18-13-16(10-11-17(18)20)21-15-8-6-14(19)7-9-15/h6-11,13,21H,2-5,12,19-20H2,1H3. The molecule has 0 radical (unpaired) electrons. The molecule has 2 rings (SSSR count). The molecule has 2 aromatic carbocycles. The Balaban J connectivity index is 1.95. The lowest BCUT2D eigenvalue weighted by molar-refractivity contribution is 0.307. The molecule has 0 saturated carbocycles. The van der Waals surface area contributed by atoms with E-state index < -0.39 is 0 Å². The van der Waals surface area contributed by atoms with Crippen LogP contribution in [0.3, 0.4) is 0 Å². The molecule has 0 heterocycles. The molecule has 0 fully saturated rings. The predicted molar refractivity (Wildman–Crippen MR) is 94.6 cm³/mol. The summed E-state index contributed by atoms with van der Waals surface area (Å²) in [5.74, 6) is 0.733. The largest absolute Gasteiger partial charge is 0.491 e. The second-order valence-electron chi connectivity index (χ2n) is 5.41. The minimum atomic E-state index is 0.665. The molecule has 0 amide bonds. The Hall–Kier alpha value is -2.36. The van der Waals surface area contributed by atoms with Gasteiger partial charge in [-0.15, -0.1) is 0 Å². The van der Waals surface area contributed by atoms with E-state index in [2.05, 4.69) is 12.2 Å². The molecule has 2 aromatic rings. The summed E-state index contributed by atoms with van der Waals surface area (Å²) in [5, 5.41) is 3.32. The minimum absolute atomic E-state index is 0.665. The van der Waals surface area contributed by atoms with Gasteiger partial charge in [0.2, 0.25) is 0 Å². The number of nitrogens with two attached hydrogens (primary N) is 2. The van der Waals surface area contributed by atoms with Gasteiger partial charge in [-0.3, -0.25) is 0 Å². The van der Waals surface area contributed by atoms with E-state index in [0.29, 0.717) is 12.3 Å². The molecule has 4 nitrogen and oxygen atoms in total. The van der Waals surface area contributed by atoms with Gasteiger partial charge in [0.1, 0.15) is 5.75 Å². The number of unbranched alkanes of at least 4 members (excludes halogenated alkanes) is 3. The van der Waals surface area contributed by atoms with Crippen LogP contribution in [0, 0.1) is 0 Å². The SMILES string of the molecule is CCCCCCOc1cc(Nc2ccc(N)cc2)ccc1N. The third-order valence-corrected chi connectivity index (χ3v) is 3.47. The van der Waals surface area contributed by atoms with Crippen molar-refractivity contribution in [3.05, 3.63) is 42.5 Å². The number of nitrogens with one attached hydrogen (secondary N) is 1. The molecule has 0 unspecified atom stereocenters. The van der Waals surface area contributed by atoms with Crippen molar-refractivity contribution in [2.24, 2.45) is 0 Å². The van der Waals surface area contributed by atoms with E-state index in [-0.39, 0.29) is 0 Å². The summed E-state index contributed by atoms with van der Waals surface area (Å²) in [4.78, 5) is 0. The second-order valence-corrected chi connectivity index (χ2v) is 5.41. The van der Waals surface area contributed by atoms with Crippen LogP contribution in [0.5, 0.6) is 5.75 Å². The summed E-state index contributed by atoms with van der Waals surface area (Å²) in [6.07, 6.45) is 4.73. The third-order valence-electron chi connectivity index (χ3n) is 3.47. The fourth-order valence-corrected chi connectivity index (χ4v) is 2.18. The summed E-state index contributed by atoms with van der Waals surface area (Å²) in [5.41, 5.74) is 15.0. The van der Waals surface area contributed by atoms with Gasteiger partial charge in [0.25, 0.3) is 0 Å². The molecule has 0 aliphatic heterocycles. The van der Waals surface area contributed by atoms with E-state index in [4.69, 9.17) is 16.2 Å². The van der Waals surface area contributed by atoms with Crippen LogP contribution in [0.2, 0.25) is 0 Å². The maximum absolute atomic E-state index is 5.97. The molecule has 118 valence electrons. The number of nitrogen functional groups attached to an aromatic ring is 2. The number of ether oxygens (including phenoxy) is 1. The highest BCUT2D eigenvalue weighted by Crippen LogP contribution is 2.28. The van der Waals surface area contributed by atoms with Crippen LogP contribution in [0.25, 0.3) is 0 Å². The molecule has 0 saturated heterocycles. The fourth-order valence-electron chi connectivity index (χ4n) is 2.18. The van der Waals surface area contributed by atoms with Crippen molar-refractivity contribution in [1.82, 2.24) is 0 Å². The Bertz CT molecular complexity index is 581. The van der Waals surface area contributed by atoms with Crippen LogP contribution >= 0.6 is 0 Å². The summed E-state index contributed by atoms with van der Waals surface area (Å²) in [6, 6.07) is 13.4. The zero-order valence-corrected chi connectivity index (χ0v) is 13.1. The van der Waals surface area contributed by atoms with Gasteiger partial charge in [-0.05, 0) is 42.8 Å². The van der Waals surface area contributed by atoms with Crippen molar-refractivity contribution in [3.63, 3.8) is 0 Å². The number of anilines is 4. The normalized spacial score (nSPS) is 10.4. The van der Waals surface area contributed by atoms with Gasteiger partial charge in [0.15, 0.2) is 0 Å². The molecule has 22 heavy (non-hydrogen) atoms. The van der Waals surface area contributed by atoms with Crippen molar-refractivity contribution < 1.29 is 4.74 Å². The average Bonchev–Trinajstić information content (AvgIpc) is 2.52. The smallest absolute Gasteiger partial charge is 0.144 e. The molecule has 0 aliphatic carbocycles. The minimum Gasteiger partial charge on any atom is -0.491 e. The van der Waals surface area contributed by atoms with Crippen LogP contribution in [0.15, 0.2) is 42.5 Å². The lowest BCUT2D eigenvalue weighted by atomic mass is 10.2. The van der Waals surface area contributed by atoms with E-state index in [1.165, 1.54) is 19.3 Å². The Kier molecular flexibility index (Phi) is 5.95. The lowest BCUT2D eigenvalue weighted by Crippen LogP contribution is -2.01. The molecule has 0 bridgehead atoms. The summed E-state index contributed by atoms with van der Waals surface area (Å²) in [6.45, 7) is 2.90. The second kappa shape index (κ2) is 8.17. The molecule has 5 N–H and O–H groups in total. The summed E-state index contributed by atoms with van der Waals surface area (Å²) in [7, 11) is 0. The van der Waals surface area contributed by atoms with Gasteiger partial charge in [-0.1, -0.05) is 26.2 Å². The third kappa shape index (κ3) is 4.88.